The zero-order valence-corrected chi connectivity index (χ0v) is 18.1. The molecule has 0 unspecified atom stereocenters. The van der Waals surface area contributed by atoms with Gasteiger partial charge in [-0.3, -0.25) is 29.5 Å². The van der Waals surface area contributed by atoms with Gasteiger partial charge in [0.15, 0.2) is 5.54 Å². The van der Waals surface area contributed by atoms with Crippen LogP contribution < -0.4 is 10.7 Å². The Hall–Kier alpha value is -4.27. The third kappa shape index (κ3) is 3.28. The van der Waals surface area contributed by atoms with Crippen molar-refractivity contribution in [2.75, 3.05) is 6.54 Å². The predicted molar refractivity (Wildman–Crippen MR) is 119 cm³/mol. The molecular weight excluding hydrogens is 436 g/mol. The molecular formula is C25H22N4O5. The van der Waals surface area contributed by atoms with Crippen LogP contribution in [0, 0.1) is 11.8 Å². The summed E-state index contributed by atoms with van der Waals surface area (Å²) in [7, 11) is 0. The summed E-state index contributed by atoms with van der Waals surface area (Å²) in [6.07, 6.45) is 4.62. The van der Waals surface area contributed by atoms with Crippen molar-refractivity contribution in [2.45, 2.75) is 18.4 Å². The molecule has 9 heteroatoms. The quantitative estimate of drug-likeness (QED) is 0.400. The van der Waals surface area contributed by atoms with E-state index in [1.807, 2.05) is 12.2 Å². The van der Waals surface area contributed by atoms with E-state index in [1.54, 1.807) is 60.7 Å². The summed E-state index contributed by atoms with van der Waals surface area (Å²) < 4.78 is 0. The van der Waals surface area contributed by atoms with Crippen LogP contribution in [0.5, 0.6) is 0 Å². The van der Waals surface area contributed by atoms with Crippen LogP contribution in [-0.4, -0.2) is 46.1 Å². The number of imide groups is 2. The standard InChI is InChI=1S/C25H22N4O5/c30-20(15-28-21(31)18-13-7-8-14-19(18)22(28)32)27-29-23(33)25(26-24(29)34,16-9-3-1-4-10-16)17-11-5-2-6-12-17/h1-12,18-19H,13-15H2,(H,26,34)(H,27,30)/t18-,19+. The largest absolute Gasteiger partial charge is 0.344 e. The van der Waals surface area contributed by atoms with Crippen molar-refractivity contribution in [2.24, 2.45) is 11.8 Å². The molecule has 3 aliphatic rings. The fourth-order valence-corrected chi connectivity index (χ4v) is 4.89. The monoisotopic (exact) mass is 458 g/mol. The van der Waals surface area contributed by atoms with Crippen molar-refractivity contribution in [1.29, 1.82) is 0 Å². The Bertz CT molecular complexity index is 1140. The maximum atomic E-state index is 13.6. The molecule has 34 heavy (non-hydrogen) atoms. The molecule has 2 saturated heterocycles. The van der Waals surface area contributed by atoms with Crippen LogP contribution in [-0.2, 0) is 24.7 Å². The van der Waals surface area contributed by atoms with Gasteiger partial charge in [0.05, 0.1) is 11.8 Å². The molecule has 172 valence electrons. The number of likely N-dealkylation sites (tertiary alicyclic amines) is 1. The molecule has 5 rings (SSSR count). The van der Waals surface area contributed by atoms with E-state index in [0.29, 0.717) is 29.0 Å². The molecule has 0 saturated carbocycles. The molecule has 2 N–H and O–H groups in total. The molecule has 2 aliphatic heterocycles. The van der Waals surface area contributed by atoms with Gasteiger partial charge in [0.1, 0.15) is 6.54 Å². The van der Waals surface area contributed by atoms with Gasteiger partial charge in [-0.1, -0.05) is 72.8 Å². The van der Waals surface area contributed by atoms with Crippen molar-refractivity contribution < 1.29 is 24.0 Å². The Kier molecular flexibility index (Phi) is 5.24. The lowest BCUT2D eigenvalue weighted by Crippen LogP contribution is -2.52. The van der Waals surface area contributed by atoms with Gasteiger partial charge >= 0.3 is 6.03 Å². The number of allylic oxidation sites excluding steroid dienone is 2. The maximum absolute atomic E-state index is 13.6. The Labute approximate surface area is 195 Å². The summed E-state index contributed by atoms with van der Waals surface area (Å²) in [5.74, 6) is -3.25. The number of rotatable bonds is 5. The summed E-state index contributed by atoms with van der Waals surface area (Å²) in [5.41, 5.74) is 1.81. The van der Waals surface area contributed by atoms with Gasteiger partial charge in [-0.05, 0) is 24.0 Å². The summed E-state index contributed by atoms with van der Waals surface area (Å²) in [4.78, 5) is 65.5. The number of hydrogen-bond acceptors (Lipinski definition) is 5. The number of hydrazine groups is 1. The van der Waals surface area contributed by atoms with Crippen LogP contribution in [0.1, 0.15) is 24.0 Å². The summed E-state index contributed by atoms with van der Waals surface area (Å²) in [6, 6.07) is 16.6. The molecule has 9 nitrogen and oxygen atoms in total. The van der Waals surface area contributed by atoms with Gasteiger partial charge in [0.25, 0.3) is 11.8 Å². The topological polar surface area (TPSA) is 116 Å². The van der Waals surface area contributed by atoms with Crippen LogP contribution in [0.3, 0.4) is 0 Å². The summed E-state index contributed by atoms with van der Waals surface area (Å²) >= 11 is 0. The fraction of sp³-hybridized carbons (Fsp3) is 0.240. The second-order valence-electron chi connectivity index (χ2n) is 8.51. The van der Waals surface area contributed by atoms with E-state index >= 15 is 0 Å². The van der Waals surface area contributed by atoms with Gasteiger partial charge in [0, 0.05) is 0 Å². The third-order valence-electron chi connectivity index (χ3n) is 6.57. The van der Waals surface area contributed by atoms with E-state index in [0.717, 1.165) is 4.90 Å². The maximum Gasteiger partial charge on any atom is 0.344 e. The first-order valence-corrected chi connectivity index (χ1v) is 11.0. The molecule has 2 aromatic carbocycles. The second kappa shape index (κ2) is 8.26. The fourth-order valence-electron chi connectivity index (χ4n) is 4.89. The van der Waals surface area contributed by atoms with Gasteiger partial charge in [-0.2, -0.15) is 5.01 Å². The van der Waals surface area contributed by atoms with E-state index < -0.39 is 53.6 Å². The lowest BCUT2D eigenvalue weighted by Gasteiger charge is -2.27. The number of amides is 6. The SMILES string of the molecule is O=C(CN1C(=O)[C@H]2CC=CC[C@H]2C1=O)NN1C(=O)NC(c2ccccc2)(c2ccccc2)C1=O. The van der Waals surface area contributed by atoms with Gasteiger partial charge < -0.3 is 5.32 Å². The molecule has 2 aromatic rings. The van der Waals surface area contributed by atoms with E-state index in [1.165, 1.54) is 0 Å². The Morgan fingerprint density at radius 1 is 0.853 bits per heavy atom. The molecule has 0 bridgehead atoms. The number of benzene rings is 2. The van der Waals surface area contributed by atoms with Gasteiger partial charge in [-0.25, -0.2) is 4.79 Å². The molecule has 0 radical (unpaired) electrons. The number of nitrogens with zero attached hydrogens (tertiary/aromatic N) is 2. The number of urea groups is 1. The van der Waals surface area contributed by atoms with Crippen molar-refractivity contribution in [1.82, 2.24) is 20.7 Å². The third-order valence-corrected chi connectivity index (χ3v) is 6.57. The van der Waals surface area contributed by atoms with Crippen LogP contribution in [0.4, 0.5) is 4.79 Å². The highest BCUT2D eigenvalue weighted by atomic mass is 16.2. The van der Waals surface area contributed by atoms with Crippen molar-refractivity contribution >= 4 is 29.7 Å². The first kappa shape index (κ1) is 21.6. The lowest BCUT2D eigenvalue weighted by atomic mass is 9.83. The smallest absolute Gasteiger partial charge is 0.314 e. The van der Waals surface area contributed by atoms with Crippen molar-refractivity contribution in [3.63, 3.8) is 0 Å². The van der Waals surface area contributed by atoms with E-state index in [9.17, 15) is 24.0 Å². The summed E-state index contributed by atoms with van der Waals surface area (Å²) in [5, 5.41) is 3.34. The highest BCUT2D eigenvalue weighted by Crippen LogP contribution is 2.36. The molecule has 0 aromatic heterocycles. The minimum absolute atomic E-state index is 0.408. The average Bonchev–Trinajstić information content (AvgIpc) is 3.26. The first-order valence-electron chi connectivity index (χ1n) is 11.0. The Morgan fingerprint density at radius 2 is 1.35 bits per heavy atom. The summed E-state index contributed by atoms with van der Waals surface area (Å²) in [6.45, 7) is -0.564. The Balaban J connectivity index is 1.38. The zero-order valence-electron chi connectivity index (χ0n) is 18.1. The van der Waals surface area contributed by atoms with E-state index in [2.05, 4.69) is 10.7 Å². The van der Waals surface area contributed by atoms with Crippen molar-refractivity contribution in [3.8, 4) is 0 Å². The average molecular weight is 458 g/mol. The zero-order chi connectivity index (χ0) is 23.9. The van der Waals surface area contributed by atoms with E-state index in [4.69, 9.17) is 0 Å². The predicted octanol–water partition coefficient (Wildman–Crippen LogP) is 1.46. The Morgan fingerprint density at radius 3 is 1.85 bits per heavy atom. The number of hydrogen-bond donors (Lipinski definition) is 2. The number of fused-ring (bicyclic) bond motifs is 1. The van der Waals surface area contributed by atoms with Crippen LogP contribution in [0.2, 0.25) is 0 Å². The minimum Gasteiger partial charge on any atom is -0.314 e. The van der Waals surface area contributed by atoms with Crippen molar-refractivity contribution in [3.05, 3.63) is 83.9 Å². The lowest BCUT2D eigenvalue weighted by molar-refractivity contribution is -0.145. The highest BCUT2D eigenvalue weighted by Gasteiger charge is 2.55. The molecule has 1 aliphatic carbocycles. The van der Waals surface area contributed by atoms with E-state index in [-0.39, 0.29) is 0 Å². The van der Waals surface area contributed by atoms with Gasteiger partial charge in [0.2, 0.25) is 11.8 Å². The minimum atomic E-state index is -1.53. The normalized spacial score (nSPS) is 23.2. The number of carbonyl (C=O) groups excluding carboxylic acids is 5. The van der Waals surface area contributed by atoms with Crippen LogP contribution in [0.15, 0.2) is 72.8 Å². The van der Waals surface area contributed by atoms with Gasteiger partial charge in [-0.15, -0.1) is 0 Å². The molecule has 2 heterocycles. The van der Waals surface area contributed by atoms with Crippen LogP contribution in [0.25, 0.3) is 0 Å². The van der Waals surface area contributed by atoms with Crippen LogP contribution >= 0.6 is 0 Å². The molecule has 2 fully saturated rings. The molecule has 0 spiro atoms. The first-order chi connectivity index (χ1) is 16.4. The molecule has 2 atom stereocenters. The molecule has 6 amide bonds. The number of carbonyl (C=O) groups is 5. The highest BCUT2D eigenvalue weighted by molar-refractivity contribution is 6.11. The number of nitrogens with one attached hydrogen (secondary N) is 2. The second-order valence-corrected chi connectivity index (χ2v) is 8.51.